The first-order valence-electron chi connectivity index (χ1n) is 5.25. The fraction of sp³-hybridized carbons (Fsp3) is 0.250. The summed E-state index contributed by atoms with van der Waals surface area (Å²) in [5, 5.41) is 6.76. The molecule has 0 fully saturated rings. The molecule has 0 radical (unpaired) electrons. The lowest BCUT2D eigenvalue weighted by Crippen LogP contribution is -2.06. The molecule has 2 rings (SSSR count). The lowest BCUT2D eigenvalue weighted by molar-refractivity contribution is 0.103. The van der Waals surface area contributed by atoms with Crippen molar-refractivity contribution < 1.29 is 9.59 Å². The molecule has 0 aliphatic heterocycles. The third kappa shape index (κ3) is 1.69. The van der Waals surface area contributed by atoms with E-state index in [1.165, 1.54) is 0 Å². The first kappa shape index (κ1) is 11.3. The highest BCUT2D eigenvalue weighted by molar-refractivity contribution is 6.11. The zero-order valence-corrected chi connectivity index (χ0v) is 9.92. The van der Waals surface area contributed by atoms with E-state index in [1.54, 1.807) is 27.0 Å². The molecule has 17 heavy (non-hydrogen) atoms. The highest BCUT2D eigenvalue weighted by Gasteiger charge is 2.21. The number of aromatic nitrogens is 3. The van der Waals surface area contributed by atoms with Crippen molar-refractivity contribution in [2.45, 2.75) is 20.8 Å². The second-order valence-corrected chi connectivity index (χ2v) is 4.00. The zero-order chi connectivity index (χ0) is 12.6. The van der Waals surface area contributed by atoms with Crippen LogP contribution in [0.25, 0.3) is 0 Å². The molecule has 0 aliphatic rings. The van der Waals surface area contributed by atoms with E-state index in [9.17, 15) is 9.59 Å². The topological polar surface area (TPSA) is 78.6 Å². The molecule has 0 saturated heterocycles. The van der Waals surface area contributed by atoms with Crippen LogP contribution < -0.4 is 0 Å². The predicted molar refractivity (Wildman–Crippen MR) is 62.4 cm³/mol. The van der Waals surface area contributed by atoms with Gasteiger partial charge in [-0.05, 0) is 26.3 Å². The van der Waals surface area contributed by atoms with E-state index >= 15 is 0 Å². The first-order chi connectivity index (χ1) is 8.06. The van der Waals surface area contributed by atoms with Gasteiger partial charge in [0.15, 0.2) is 6.29 Å². The number of hydrogen-bond donors (Lipinski definition) is 2. The maximum atomic E-state index is 12.3. The van der Waals surface area contributed by atoms with E-state index in [0.717, 1.165) is 12.0 Å². The van der Waals surface area contributed by atoms with Gasteiger partial charge in [-0.3, -0.25) is 14.7 Å². The number of ketones is 1. The summed E-state index contributed by atoms with van der Waals surface area (Å²) in [6.07, 6.45) is 2.28. The summed E-state index contributed by atoms with van der Waals surface area (Å²) in [5.74, 6) is -0.139. The minimum absolute atomic E-state index is 0.139. The van der Waals surface area contributed by atoms with Crippen molar-refractivity contribution in [1.82, 2.24) is 15.2 Å². The number of aryl methyl sites for hydroxylation is 2. The summed E-state index contributed by atoms with van der Waals surface area (Å²) >= 11 is 0. The van der Waals surface area contributed by atoms with E-state index < -0.39 is 0 Å². The van der Waals surface area contributed by atoms with Crippen LogP contribution in [-0.4, -0.2) is 27.3 Å². The van der Waals surface area contributed by atoms with E-state index in [1.807, 2.05) is 0 Å². The van der Waals surface area contributed by atoms with Crippen LogP contribution >= 0.6 is 0 Å². The van der Waals surface area contributed by atoms with Crippen molar-refractivity contribution in [3.63, 3.8) is 0 Å². The maximum Gasteiger partial charge on any atom is 0.213 e. The number of nitrogens with one attached hydrogen (secondary N) is 2. The van der Waals surface area contributed by atoms with E-state index in [0.29, 0.717) is 28.1 Å². The average Bonchev–Trinajstić information content (AvgIpc) is 2.82. The van der Waals surface area contributed by atoms with Crippen molar-refractivity contribution in [3.8, 4) is 0 Å². The Morgan fingerprint density at radius 3 is 2.53 bits per heavy atom. The molecule has 0 amide bonds. The monoisotopic (exact) mass is 231 g/mol. The standard InChI is InChI=1S/C12H13N3O2/c1-6-9(5-16)4-13-11(6)12(17)10-7(2)14-15-8(10)3/h4-5,13H,1-3H3,(H,14,15). The number of H-pyrrole nitrogens is 2. The zero-order valence-electron chi connectivity index (χ0n) is 9.92. The second kappa shape index (κ2) is 4.01. The van der Waals surface area contributed by atoms with Gasteiger partial charge in [-0.2, -0.15) is 5.10 Å². The van der Waals surface area contributed by atoms with Crippen molar-refractivity contribution in [3.05, 3.63) is 40.0 Å². The number of nitrogens with zero attached hydrogens (tertiary/aromatic N) is 1. The number of rotatable bonds is 3. The van der Waals surface area contributed by atoms with Crippen LogP contribution in [0.5, 0.6) is 0 Å². The van der Waals surface area contributed by atoms with Crippen LogP contribution in [-0.2, 0) is 0 Å². The molecular weight excluding hydrogens is 218 g/mol. The van der Waals surface area contributed by atoms with Gasteiger partial charge in [0.05, 0.1) is 17.0 Å². The smallest absolute Gasteiger partial charge is 0.213 e. The molecule has 5 nitrogen and oxygen atoms in total. The molecule has 0 saturated carbocycles. The molecule has 2 aromatic heterocycles. The number of carbonyl (C=O) groups is 2. The largest absolute Gasteiger partial charge is 0.358 e. The highest BCUT2D eigenvalue weighted by atomic mass is 16.1. The Labute approximate surface area is 98.2 Å². The van der Waals surface area contributed by atoms with Gasteiger partial charge in [0, 0.05) is 17.5 Å². The van der Waals surface area contributed by atoms with Gasteiger partial charge in [0.25, 0.3) is 0 Å². The van der Waals surface area contributed by atoms with Crippen LogP contribution in [0.1, 0.15) is 43.4 Å². The number of hydrogen-bond acceptors (Lipinski definition) is 3. The van der Waals surface area contributed by atoms with Crippen LogP contribution in [0.4, 0.5) is 0 Å². The summed E-state index contributed by atoms with van der Waals surface area (Å²) in [6.45, 7) is 5.32. The lowest BCUT2D eigenvalue weighted by Gasteiger charge is -2.00. The Kier molecular flexibility index (Phi) is 2.67. The number of aldehydes is 1. The molecule has 0 bridgehead atoms. The number of aromatic amines is 2. The van der Waals surface area contributed by atoms with Gasteiger partial charge in [-0.25, -0.2) is 0 Å². The SMILES string of the molecule is Cc1n[nH]c(C)c1C(=O)c1[nH]cc(C=O)c1C. The molecule has 0 spiro atoms. The molecule has 88 valence electrons. The fourth-order valence-corrected chi connectivity index (χ4v) is 1.88. The van der Waals surface area contributed by atoms with Crippen molar-refractivity contribution >= 4 is 12.1 Å². The fourth-order valence-electron chi connectivity index (χ4n) is 1.88. The van der Waals surface area contributed by atoms with Gasteiger partial charge in [-0.1, -0.05) is 0 Å². The molecule has 0 unspecified atom stereocenters. The Balaban J connectivity index is 2.51. The normalized spacial score (nSPS) is 10.5. The molecule has 0 atom stereocenters. The average molecular weight is 231 g/mol. The van der Waals surface area contributed by atoms with Gasteiger partial charge >= 0.3 is 0 Å². The molecule has 5 heteroatoms. The van der Waals surface area contributed by atoms with Crippen molar-refractivity contribution in [1.29, 1.82) is 0 Å². The van der Waals surface area contributed by atoms with Gasteiger partial charge in [0.1, 0.15) is 0 Å². The minimum Gasteiger partial charge on any atom is -0.358 e. The summed E-state index contributed by atoms with van der Waals surface area (Å²) in [6, 6.07) is 0. The maximum absolute atomic E-state index is 12.3. The third-order valence-electron chi connectivity index (χ3n) is 2.89. The van der Waals surface area contributed by atoms with Crippen LogP contribution in [0, 0.1) is 20.8 Å². The quantitative estimate of drug-likeness (QED) is 0.623. The molecule has 2 heterocycles. The van der Waals surface area contributed by atoms with Crippen LogP contribution in [0.3, 0.4) is 0 Å². The molecule has 0 aliphatic carbocycles. The highest BCUT2D eigenvalue weighted by Crippen LogP contribution is 2.19. The van der Waals surface area contributed by atoms with Gasteiger partial charge < -0.3 is 4.98 Å². The van der Waals surface area contributed by atoms with Gasteiger partial charge in [0.2, 0.25) is 5.78 Å². The summed E-state index contributed by atoms with van der Waals surface area (Å²) < 4.78 is 0. The number of carbonyl (C=O) groups excluding carboxylic acids is 2. The Bertz CT molecular complexity index is 573. The Hall–Kier alpha value is -2.17. The van der Waals surface area contributed by atoms with E-state index in [4.69, 9.17) is 0 Å². The second-order valence-electron chi connectivity index (χ2n) is 4.00. The van der Waals surface area contributed by atoms with Crippen molar-refractivity contribution in [2.75, 3.05) is 0 Å². The Morgan fingerprint density at radius 1 is 1.35 bits per heavy atom. The summed E-state index contributed by atoms with van der Waals surface area (Å²) in [4.78, 5) is 25.9. The predicted octanol–water partition coefficient (Wildman–Crippen LogP) is 1.71. The molecule has 2 N–H and O–H groups in total. The minimum atomic E-state index is -0.139. The molecule has 0 aromatic carbocycles. The third-order valence-corrected chi connectivity index (χ3v) is 2.89. The summed E-state index contributed by atoms with van der Waals surface area (Å²) in [5.41, 5.74) is 3.58. The van der Waals surface area contributed by atoms with Crippen molar-refractivity contribution in [2.24, 2.45) is 0 Å². The Morgan fingerprint density at radius 2 is 2.06 bits per heavy atom. The molecule has 2 aromatic rings. The van der Waals surface area contributed by atoms with E-state index in [-0.39, 0.29) is 5.78 Å². The first-order valence-corrected chi connectivity index (χ1v) is 5.25. The summed E-state index contributed by atoms with van der Waals surface area (Å²) in [7, 11) is 0. The molecular formula is C12H13N3O2. The van der Waals surface area contributed by atoms with Gasteiger partial charge in [-0.15, -0.1) is 0 Å². The van der Waals surface area contributed by atoms with E-state index in [2.05, 4.69) is 15.2 Å². The van der Waals surface area contributed by atoms with Crippen LogP contribution in [0.15, 0.2) is 6.20 Å². The lowest BCUT2D eigenvalue weighted by atomic mass is 10.0. The van der Waals surface area contributed by atoms with Crippen LogP contribution in [0.2, 0.25) is 0 Å².